The van der Waals surface area contributed by atoms with Crippen LogP contribution < -0.4 is 0 Å². The van der Waals surface area contributed by atoms with Crippen molar-refractivity contribution in [3.8, 4) is 0 Å². The Bertz CT molecular complexity index is 638. The summed E-state index contributed by atoms with van der Waals surface area (Å²) in [6, 6.07) is 3.74. The maximum Gasteiger partial charge on any atom is 0.227 e. The van der Waals surface area contributed by atoms with Crippen LogP contribution in [0.15, 0.2) is 24.5 Å². The second-order valence-electron chi connectivity index (χ2n) is 4.93. The Morgan fingerprint density at radius 3 is 2.90 bits per heavy atom. The zero-order chi connectivity index (χ0) is 14.1. The van der Waals surface area contributed by atoms with E-state index in [1.54, 1.807) is 12.4 Å². The molecule has 1 aliphatic rings. The molecule has 1 aliphatic heterocycles. The lowest BCUT2D eigenvalue weighted by atomic mass is 10.1. The SMILES string of the molecule is Cn1c(Cl)nc2c1CN(C(=O)Cc1ccncc1)CC2. The summed E-state index contributed by atoms with van der Waals surface area (Å²) in [7, 11) is 1.88. The third kappa shape index (κ3) is 2.41. The molecule has 1 amide bonds. The van der Waals surface area contributed by atoms with Gasteiger partial charge < -0.3 is 9.47 Å². The van der Waals surface area contributed by atoms with Gasteiger partial charge in [-0.1, -0.05) is 0 Å². The van der Waals surface area contributed by atoms with E-state index >= 15 is 0 Å². The normalized spacial score (nSPS) is 14.2. The van der Waals surface area contributed by atoms with Gasteiger partial charge in [0.15, 0.2) is 0 Å². The van der Waals surface area contributed by atoms with E-state index < -0.39 is 0 Å². The Labute approximate surface area is 122 Å². The first-order valence-corrected chi connectivity index (χ1v) is 6.89. The molecule has 0 unspecified atom stereocenters. The molecular weight excluding hydrogens is 276 g/mol. The van der Waals surface area contributed by atoms with Crippen LogP contribution in [0.2, 0.25) is 5.28 Å². The van der Waals surface area contributed by atoms with E-state index in [4.69, 9.17) is 11.6 Å². The lowest BCUT2D eigenvalue weighted by molar-refractivity contribution is -0.131. The van der Waals surface area contributed by atoms with E-state index in [1.165, 1.54) is 0 Å². The van der Waals surface area contributed by atoms with Gasteiger partial charge in [0.05, 0.1) is 24.4 Å². The quantitative estimate of drug-likeness (QED) is 0.844. The summed E-state index contributed by atoms with van der Waals surface area (Å²) in [4.78, 5) is 22.5. The summed E-state index contributed by atoms with van der Waals surface area (Å²) in [5.74, 6) is 0.124. The summed E-state index contributed by atoms with van der Waals surface area (Å²) in [5.41, 5.74) is 3.02. The molecule has 0 N–H and O–H groups in total. The molecule has 5 nitrogen and oxygen atoms in total. The smallest absolute Gasteiger partial charge is 0.227 e. The van der Waals surface area contributed by atoms with E-state index in [-0.39, 0.29) is 5.91 Å². The highest BCUT2D eigenvalue weighted by Gasteiger charge is 2.25. The van der Waals surface area contributed by atoms with Crippen molar-refractivity contribution in [2.24, 2.45) is 7.05 Å². The van der Waals surface area contributed by atoms with Crippen LogP contribution in [-0.4, -0.2) is 31.9 Å². The van der Waals surface area contributed by atoms with Gasteiger partial charge in [-0.3, -0.25) is 9.78 Å². The molecule has 0 atom stereocenters. The topological polar surface area (TPSA) is 51.0 Å². The Morgan fingerprint density at radius 2 is 2.15 bits per heavy atom. The van der Waals surface area contributed by atoms with Crippen molar-refractivity contribution in [1.29, 1.82) is 0 Å². The van der Waals surface area contributed by atoms with Crippen LogP contribution in [0.4, 0.5) is 0 Å². The maximum absolute atomic E-state index is 12.3. The molecule has 0 spiro atoms. The molecule has 0 saturated heterocycles. The van der Waals surface area contributed by atoms with Crippen LogP contribution in [0.3, 0.4) is 0 Å². The molecule has 6 heteroatoms. The molecule has 104 valence electrons. The molecule has 0 bridgehead atoms. The monoisotopic (exact) mass is 290 g/mol. The van der Waals surface area contributed by atoms with Crippen LogP contribution in [0.1, 0.15) is 17.0 Å². The largest absolute Gasteiger partial charge is 0.336 e. The third-order valence-corrected chi connectivity index (χ3v) is 4.00. The number of aromatic nitrogens is 3. The summed E-state index contributed by atoms with van der Waals surface area (Å²) in [6.07, 6.45) is 4.58. The van der Waals surface area contributed by atoms with Crippen LogP contribution in [0.25, 0.3) is 0 Å². The molecule has 3 rings (SSSR count). The zero-order valence-electron chi connectivity index (χ0n) is 11.2. The van der Waals surface area contributed by atoms with Crippen molar-refractivity contribution in [2.75, 3.05) is 6.54 Å². The number of fused-ring (bicyclic) bond motifs is 1. The highest BCUT2D eigenvalue weighted by Crippen LogP contribution is 2.22. The first-order valence-electron chi connectivity index (χ1n) is 6.52. The first kappa shape index (κ1) is 13.1. The minimum atomic E-state index is 0.124. The predicted octanol–water partition coefficient (Wildman–Crippen LogP) is 1.60. The minimum absolute atomic E-state index is 0.124. The lowest BCUT2D eigenvalue weighted by Gasteiger charge is -2.27. The molecule has 0 saturated carbocycles. The number of halogens is 1. The Kier molecular flexibility index (Phi) is 3.44. The Balaban J connectivity index is 1.73. The fraction of sp³-hybridized carbons (Fsp3) is 0.357. The van der Waals surface area contributed by atoms with Crippen LogP contribution in [-0.2, 0) is 31.2 Å². The van der Waals surface area contributed by atoms with Crippen LogP contribution in [0.5, 0.6) is 0 Å². The van der Waals surface area contributed by atoms with E-state index in [1.807, 2.05) is 28.6 Å². The van der Waals surface area contributed by atoms with Gasteiger partial charge in [0.1, 0.15) is 0 Å². The van der Waals surface area contributed by atoms with Gasteiger partial charge in [0, 0.05) is 32.4 Å². The molecule has 2 aromatic rings. The average Bonchev–Trinajstić information content (AvgIpc) is 2.75. The van der Waals surface area contributed by atoms with Gasteiger partial charge in [0.2, 0.25) is 11.2 Å². The fourth-order valence-corrected chi connectivity index (χ4v) is 2.66. The number of rotatable bonds is 2. The molecular formula is C14H15ClN4O. The van der Waals surface area contributed by atoms with Gasteiger partial charge in [-0.15, -0.1) is 0 Å². The summed E-state index contributed by atoms with van der Waals surface area (Å²) in [5, 5.41) is 0.485. The molecule has 0 aliphatic carbocycles. The number of hydrogen-bond acceptors (Lipinski definition) is 3. The number of carbonyl (C=O) groups excluding carboxylic acids is 1. The number of nitrogens with zero attached hydrogens (tertiary/aromatic N) is 4. The van der Waals surface area contributed by atoms with Crippen molar-refractivity contribution in [2.45, 2.75) is 19.4 Å². The first-order chi connectivity index (χ1) is 9.65. The average molecular weight is 291 g/mol. The second-order valence-corrected chi connectivity index (χ2v) is 5.27. The molecule has 0 aromatic carbocycles. The van der Waals surface area contributed by atoms with E-state index in [9.17, 15) is 4.79 Å². The van der Waals surface area contributed by atoms with Crippen molar-refractivity contribution >= 4 is 17.5 Å². The highest BCUT2D eigenvalue weighted by molar-refractivity contribution is 6.28. The van der Waals surface area contributed by atoms with Crippen LogP contribution in [0, 0.1) is 0 Å². The fourth-order valence-electron chi connectivity index (χ4n) is 2.45. The van der Waals surface area contributed by atoms with E-state index in [2.05, 4.69) is 9.97 Å². The summed E-state index contributed by atoms with van der Waals surface area (Å²) < 4.78 is 1.85. The Hall–Kier alpha value is -1.88. The number of amides is 1. The van der Waals surface area contributed by atoms with Gasteiger partial charge in [-0.2, -0.15) is 0 Å². The van der Waals surface area contributed by atoms with Crippen molar-refractivity contribution in [3.05, 3.63) is 46.8 Å². The van der Waals surface area contributed by atoms with Crippen LogP contribution >= 0.6 is 11.6 Å². The molecule has 0 radical (unpaired) electrons. The van der Waals surface area contributed by atoms with E-state index in [0.29, 0.717) is 24.8 Å². The number of hydrogen-bond donors (Lipinski definition) is 0. The van der Waals surface area contributed by atoms with Gasteiger partial charge in [-0.25, -0.2) is 4.98 Å². The molecule has 2 aromatic heterocycles. The zero-order valence-corrected chi connectivity index (χ0v) is 12.0. The maximum atomic E-state index is 12.3. The third-order valence-electron chi connectivity index (χ3n) is 3.66. The second kappa shape index (κ2) is 5.25. The Morgan fingerprint density at radius 1 is 1.40 bits per heavy atom. The number of imidazole rings is 1. The van der Waals surface area contributed by atoms with Crippen molar-refractivity contribution in [3.63, 3.8) is 0 Å². The summed E-state index contributed by atoms with van der Waals surface area (Å²) >= 11 is 6.02. The van der Waals surface area contributed by atoms with Crippen molar-refractivity contribution in [1.82, 2.24) is 19.4 Å². The van der Waals surface area contributed by atoms with Gasteiger partial charge >= 0.3 is 0 Å². The standard InChI is InChI=1S/C14H15ClN4O/c1-18-12-9-19(7-4-11(12)17-14(18)15)13(20)8-10-2-5-16-6-3-10/h2-3,5-6H,4,7-9H2,1H3. The lowest BCUT2D eigenvalue weighted by Crippen LogP contribution is -2.37. The minimum Gasteiger partial charge on any atom is -0.336 e. The van der Waals surface area contributed by atoms with E-state index in [0.717, 1.165) is 23.4 Å². The highest BCUT2D eigenvalue weighted by atomic mass is 35.5. The molecule has 3 heterocycles. The van der Waals surface area contributed by atoms with Gasteiger partial charge in [-0.05, 0) is 29.3 Å². The number of carbonyl (C=O) groups is 1. The summed E-state index contributed by atoms with van der Waals surface area (Å²) in [6.45, 7) is 1.28. The number of pyridine rings is 1. The predicted molar refractivity (Wildman–Crippen MR) is 75.3 cm³/mol. The molecule has 20 heavy (non-hydrogen) atoms. The van der Waals surface area contributed by atoms with Gasteiger partial charge in [0.25, 0.3) is 0 Å². The van der Waals surface area contributed by atoms with Crippen molar-refractivity contribution < 1.29 is 4.79 Å². The molecule has 0 fully saturated rings.